The summed E-state index contributed by atoms with van der Waals surface area (Å²) >= 11 is 0. The molecule has 3 heterocycles. The highest BCUT2D eigenvalue weighted by molar-refractivity contribution is 6.09. The van der Waals surface area contributed by atoms with Crippen molar-refractivity contribution < 1.29 is 38.7 Å². The Kier molecular flexibility index (Phi) is 12.7. The van der Waals surface area contributed by atoms with Gasteiger partial charge in [-0.3, -0.25) is 28.8 Å². The number of ketones is 1. The largest absolute Gasteiger partial charge is 0.394 e. The minimum Gasteiger partial charge on any atom is -0.394 e. The van der Waals surface area contributed by atoms with Crippen LogP contribution in [0.4, 0.5) is 10.5 Å². The molecule has 6 rings (SSSR count). The molecule has 15 heteroatoms. The Morgan fingerprint density at radius 2 is 1.54 bits per heavy atom. The smallest absolute Gasteiger partial charge is 0.319 e. The fourth-order valence-corrected chi connectivity index (χ4v) is 8.65. The Hall–Kier alpha value is -5.31. The number of urea groups is 1. The fraction of sp³-hybridized carbons (Fsp3) is 0.548. The number of likely N-dealkylation sites (tertiary alicyclic amines) is 3. The first-order chi connectivity index (χ1) is 27.2. The van der Waals surface area contributed by atoms with Crippen LogP contribution in [0.3, 0.4) is 0 Å². The monoisotopic (exact) mass is 785 g/mol. The van der Waals surface area contributed by atoms with Gasteiger partial charge in [0.05, 0.1) is 6.61 Å². The lowest BCUT2D eigenvalue weighted by atomic mass is 9.99. The van der Waals surface area contributed by atoms with Gasteiger partial charge in [-0.1, -0.05) is 54.4 Å². The van der Waals surface area contributed by atoms with Crippen LogP contribution in [0.25, 0.3) is 0 Å². The molecule has 0 radical (unpaired) electrons. The molecule has 4 fully saturated rings. The number of carbonyl (C=O) groups is 7. The molecule has 3 saturated heterocycles. The Morgan fingerprint density at radius 1 is 0.842 bits per heavy atom. The van der Waals surface area contributed by atoms with Gasteiger partial charge in [0.2, 0.25) is 29.5 Å². The van der Waals surface area contributed by atoms with Crippen LogP contribution in [-0.4, -0.2) is 123 Å². The zero-order chi connectivity index (χ0) is 41.0. The van der Waals surface area contributed by atoms with Crippen LogP contribution >= 0.6 is 0 Å². The van der Waals surface area contributed by atoms with Crippen LogP contribution in [0.5, 0.6) is 0 Å². The van der Waals surface area contributed by atoms with Crippen molar-refractivity contribution in [2.24, 2.45) is 5.92 Å². The van der Waals surface area contributed by atoms with Gasteiger partial charge in [0, 0.05) is 38.2 Å². The maximum atomic E-state index is 14.2. The molecule has 306 valence electrons. The van der Waals surface area contributed by atoms with E-state index in [1.165, 1.54) is 9.80 Å². The molecule has 1 saturated carbocycles. The number of hydrogen-bond donors (Lipinski definition) is 5. The molecule has 1 spiro atoms. The number of hydrogen-bond acceptors (Lipinski definition) is 8. The van der Waals surface area contributed by atoms with E-state index >= 15 is 0 Å². The Bertz CT molecular complexity index is 1890. The summed E-state index contributed by atoms with van der Waals surface area (Å²) in [7, 11) is 0. The number of aryl methyl sites for hydroxylation is 2. The molecule has 4 aliphatic rings. The Labute approximate surface area is 333 Å². The molecule has 7 amide bonds. The van der Waals surface area contributed by atoms with Crippen molar-refractivity contribution in [3.8, 4) is 0 Å². The van der Waals surface area contributed by atoms with Crippen LogP contribution in [0.1, 0.15) is 75.5 Å². The number of carbonyl (C=O) groups excluding carboxylic acids is 7. The molecule has 0 bridgehead atoms. The Morgan fingerprint density at radius 3 is 2.23 bits per heavy atom. The van der Waals surface area contributed by atoms with E-state index in [2.05, 4.69) is 21.3 Å². The lowest BCUT2D eigenvalue weighted by Gasteiger charge is -2.39. The molecule has 2 aromatic carbocycles. The van der Waals surface area contributed by atoms with E-state index in [0.717, 1.165) is 16.7 Å². The molecular weight excluding hydrogens is 731 g/mol. The van der Waals surface area contributed by atoms with Crippen LogP contribution in [0, 0.1) is 19.8 Å². The van der Waals surface area contributed by atoms with Gasteiger partial charge in [0.1, 0.15) is 35.7 Å². The van der Waals surface area contributed by atoms with Gasteiger partial charge in [-0.2, -0.15) is 0 Å². The van der Waals surface area contributed by atoms with Gasteiger partial charge < -0.3 is 41.1 Å². The van der Waals surface area contributed by atoms with Gasteiger partial charge in [-0.05, 0) is 82.9 Å². The third-order valence-electron chi connectivity index (χ3n) is 11.7. The van der Waals surface area contributed by atoms with E-state index in [-0.39, 0.29) is 37.1 Å². The van der Waals surface area contributed by atoms with Crippen molar-refractivity contribution in [1.29, 1.82) is 0 Å². The minimum absolute atomic E-state index is 0.0430. The summed E-state index contributed by atoms with van der Waals surface area (Å²) < 4.78 is 0. The zero-order valence-electron chi connectivity index (χ0n) is 33.2. The predicted octanol–water partition coefficient (Wildman–Crippen LogP) is 1.97. The van der Waals surface area contributed by atoms with Crippen LogP contribution in [0.15, 0.2) is 48.5 Å². The molecule has 5 N–H and O–H groups in total. The van der Waals surface area contributed by atoms with E-state index < -0.39 is 72.0 Å². The fourth-order valence-electron chi connectivity index (χ4n) is 8.65. The number of anilines is 1. The lowest BCUT2D eigenvalue weighted by Crippen LogP contribution is -2.61. The van der Waals surface area contributed by atoms with Crippen molar-refractivity contribution in [3.05, 3.63) is 65.2 Å². The summed E-state index contributed by atoms with van der Waals surface area (Å²) in [4.78, 5) is 99.1. The maximum Gasteiger partial charge on any atom is 0.319 e. The van der Waals surface area contributed by atoms with E-state index in [1.807, 2.05) is 57.2 Å². The second kappa shape index (κ2) is 17.5. The molecule has 2 aromatic rings. The number of nitrogens with zero attached hydrogens (tertiary/aromatic N) is 3. The first kappa shape index (κ1) is 41.3. The number of aliphatic hydroxyl groups excluding tert-OH is 1. The molecule has 0 unspecified atom stereocenters. The first-order valence-electron chi connectivity index (χ1n) is 20.1. The maximum absolute atomic E-state index is 14.2. The van der Waals surface area contributed by atoms with Gasteiger partial charge in [0.15, 0.2) is 5.78 Å². The summed E-state index contributed by atoms with van der Waals surface area (Å²) in [5, 5.41) is 21.3. The minimum atomic E-state index is -1.41. The molecule has 0 aromatic heterocycles. The molecular formula is C42H55N7O8. The van der Waals surface area contributed by atoms with Crippen molar-refractivity contribution >= 4 is 47.0 Å². The van der Waals surface area contributed by atoms with Crippen LogP contribution in [0.2, 0.25) is 0 Å². The number of rotatable bonds is 12. The average Bonchev–Trinajstić information content (AvgIpc) is 3.47. The Balaban J connectivity index is 1.11. The number of amides is 7. The summed E-state index contributed by atoms with van der Waals surface area (Å²) in [5.41, 5.74) is 2.52. The summed E-state index contributed by atoms with van der Waals surface area (Å²) in [6.45, 7) is 7.62. The van der Waals surface area contributed by atoms with Crippen LogP contribution in [-0.2, 0) is 35.2 Å². The number of benzene rings is 2. The van der Waals surface area contributed by atoms with E-state index in [4.69, 9.17) is 0 Å². The molecule has 7 atom stereocenters. The van der Waals surface area contributed by atoms with Gasteiger partial charge in [0.25, 0.3) is 0 Å². The third-order valence-corrected chi connectivity index (χ3v) is 11.7. The predicted molar refractivity (Wildman–Crippen MR) is 211 cm³/mol. The topological polar surface area (TPSA) is 198 Å². The first-order valence-corrected chi connectivity index (χ1v) is 20.1. The highest BCUT2D eigenvalue weighted by atomic mass is 16.3. The van der Waals surface area contributed by atoms with Crippen LogP contribution < -0.4 is 21.3 Å². The number of aliphatic hydroxyl groups is 1. The zero-order valence-corrected chi connectivity index (χ0v) is 33.2. The van der Waals surface area contributed by atoms with E-state index in [1.54, 1.807) is 24.0 Å². The molecule has 15 nitrogen and oxygen atoms in total. The molecule has 57 heavy (non-hydrogen) atoms. The quantitative estimate of drug-likeness (QED) is 0.215. The molecule has 1 aliphatic carbocycles. The van der Waals surface area contributed by atoms with Gasteiger partial charge in [-0.15, -0.1) is 0 Å². The van der Waals surface area contributed by atoms with Gasteiger partial charge >= 0.3 is 6.03 Å². The van der Waals surface area contributed by atoms with Gasteiger partial charge in [-0.25, -0.2) is 4.79 Å². The van der Waals surface area contributed by atoms with Crippen molar-refractivity contribution in [1.82, 2.24) is 30.7 Å². The number of nitrogens with one attached hydrogen (secondary N) is 4. The second-order valence-corrected chi connectivity index (χ2v) is 16.3. The standard InChI is InChI=1S/C42H55N7O8/c1-25-13-15-30(16-14-25)44-41(57)46-31(20-29-10-7-9-26(2)19-29)36(52)45-32(24-50)39(55)48-18-8-12-34(48)40(56)47-17-6-5-11-33(47)37(53)43-28(4)38(54)49-23-27(3)21-42(49)22-35(42)51/h7,9-10,13-16,19,27-28,31-34,50H,5-6,8,11-12,17-18,20-24H2,1-4H3,(H,43,53)(H,45,52)(H2,44,46,57)/t27-,28-,31-,32-,33-,34-,42-/m0/s1. The summed E-state index contributed by atoms with van der Waals surface area (Å²) in [6.07, 6.45) is 3.61. The normalized spacial score (nSPS) is 24.4. The second-order valence-electron chi connectivity index (χ2n) is 16.3. The SMILES string of the molecule is Cc1ccc(NC(=O)N[C@@H](Cc2cccc(C)c2)C(=O)N[C@@H](CO)C(=O)N2CCC[C@H]2C(=O)N2CCCC[C@H]2C(=O)N[C@@H](C)C(=O)N2C[C@@H](C)C[C@@]23CC3=O)cc1. The lowest BCUT2D eigenvalue weighted by molar-refractivity contribution is -0.151. The van der Waals surface area contributed by atoms with Crippen molar-refractivity contribution in [2.45, 2.75) is 115 Å². The number of piperidine rings is 1. The molecule has 3 aliphatic heterocycles. The van der Waals surface area contributed by atoms with Crippen molar-refractivity contribution in [2.75, 3.05) is 31.6 Å². The summed E-state index contributed by atoms with van der Waals surface area (Å²) in [6, 6.07) is 8.78. The van der Waals surface area contributed by atoms with E-state index in [0.29, 0.717) is 57.2 Å². The highest BCUT2D eigenvalue weighted by Crippen LogP contribution is 2.48. The number of Topliss-reactive ketones (excluding diaryl/α,β-unsaturated/α-hetero) is 1. The van der Waals surface area contributed by atoms with E-state index in [9.17, 15) is 38.7 Å². The van der Waals surface area contributed by atoms with Crippen molar-refractivity contribution in [3.63, 3.8) is 0 Å². The summed E-state index contributed by atoms with van der Waals surface area (Å²) in [5.74, 6) is -2.32. The average molecular weight is 786 g/mol. The third kappa shape index (κ3) is 9.30. The highest BCUT2D eigenvalue weighted by Gasteiger charge is 2.63.